The van der Waals surface area contributed by atoms with Crippen molar-refractivity contribution in [1.82, 2.24) is 55.1 Å². The van der Waals surface area contributed by atoms with Crippen molar-refractivity contribution in [2.24, 2.45) is 35.5 Å². The van der Waals surface area contributed by atoms with Crippen LogP contribution in [0.3, 0.4) is 0 Å². The Morgan fingerprint density at radius 3 is 1.79 bits per heavy atom. The van der Waals surface area contributed by atoms with Crippen molar-refractivity contribution < 1.29 is 65.9 Å². The topological polar surface area (TPSA) is 250 Å². The van der Waals surface area contributed by atoms with Gasteiger partial charge < -0.3 is 55.1 Å². The van der Waals surface area contributed by atoms with Gasteiger partial charge in [-0.2, -0.15) is 13.2 Å². The second-order valence-electron chi connectivity index (χ2n) is 27.7. The van der Waals surface area contributed by atoms with Crippen LogP contribution in [-0.4, -0.2) is 239 Å². The van der Waals surface area contributed by atoms with Crippen molar-refractivity contribution in [3.63, 3.8) is 0 Å². The van der Waals surface area contributed by atoms with Crippen LogP contribution in [-0.2, 0) is 52.7 Å². The number of carbonyl (C=O) groups excluding carboxylic acids is 11. The highest BCUT2D eigenvalue weighted by Crippen LogP contribution is 2.44. The number of halogens is 4. The Kier molecular flexibility index (Phi) is 27.2. The number of nitrogens with one attached hydrogen (secondary N) is 3. The number of alkyl halides is 4. The molecule has 5 rings (SSSR count). The molecule has 5 aliphatic rings. The van der Waals surface area contributed by atoms with Gasteiger partial charge in [-0.3, -0.25) is 52.7 Å². The highest BCUT2D eigenvalue weighted by molar-refractivity contribution is 6.20. The van der Waals surface area contributed by atoms with Crippen LogP contribution in [0, 0.1) is 35.5 Å². The maximum atomic E-state index is 15.0. The monoisotopic (exact) mass is 1300 g/mol. The van der Waals surface area contributed by atoms with Gasteiger partial charge >= 0.3 is 6.18 Å². The number of fused-ring (bicyclic) bond motifs is 1. The molecule has 26 heteroatoms. The van der Waals surface area contributed by atoms with E-state index in [4.69, 9.17) is 11.6 Å². The van der Waals surface area contributed by atoms with Crippen LogP contribution >= 0.6 is 11.6 Å². The Hall–Kier alpha value is -5.75. The third-order valence-corrected chi connectivity index (χ3v) is 20.6. The summed E-state index contributed by atoms with van der Waals surface area (Å²) in [6.45, 7) is 11.2. The number of rotatable bonds is 10. The Morgan fingerprint density at radius 1 is 0.611 bits per heavy atom. The molecular formula is C64H105ClF3N11O11. The maximum Gasteiger partial charge on any atom is 0.393 e. The molecule has 1 spiro atoms. The molecule has 0 aromatic carbocycles. The second kappa shape index (κ2) is 32.7. The minimum absolute atomic E-state index is 0.0148. The Morgan fingerprint density at radius 2 is 1.22 bits per heavy atom. The van der Waals surface area contributed by atoms with E-state index in [1.54, 1.807) is 27.7 Å². The summed E-state index contributed by atoms with van der Waals surface area (Å²) in [6, 6.07) is -7.49. The summed E-state index contributed by atoms with van der Waals surface area (Å²) in [5.41, 5.74) is -1.45. The maximum absolute atomic E-state index is 15.0. The van der Waals surface area contributed by atoms with Crippen LogP contribution in [0.5, 0.6) is 0 Å². The Balaban J connectivity index is 1.52. The standard InChI is InChI=1S/C64H105ClF3N11O11/c1-15-40(6)54-60(88)74(10)36-52(82)72(8)37-53(83)77(13)49(34-42-21-17-16-18-22-42)59(87)73(9)35-50(80)69-46(27-25-43-24-26-44(45(65)33-43)64(66,67)68)58(86)79-30-19-23-47(79)57(85)71-63(28-20-29-63)62(90)78(14)55(39(4)5)61(89)75(11)41(7)32-51(81)76(12)48(31-38(2)3)56(84)70-54/h38-49,54-55H,15-37H2,1-14H3,(H,69,80)(H,70,84)(H,71,85)/t40-,41+,43?,44?,45?,46-,47-,48-,49-,54-,55-/m0/s1. The van der Waals surface area contributed by atoms with Crippen molar-refractivity contribution >= 4 is 76.6 Å². The van der Waals surface area contributed by atoms with Crippen LogP contribution in [0.15, 0.2) is 0 Å². The van der Waals surface area contributed by atoms with Crippen molar-refractivity contribution in [2.45, 2.75) is 230 Å². The van der Waals surface area contributed by atoms with Gasteiger partial charge in [-0.1, -0.05) is 80.1 Å². The van der Waals surface area contributed by atoms with Crippen LogP contribution in [0.4, 0.5) is 13.2 Å². The predicted molar refractivity (Wildman–Crippen MR) is 333 cm³/mol. The molecule has 0 bridgehead atoms. The molecule has 2 heterocycles. The lowest BCUT2D eigenvalue weighted by Gasteiger charge is -2.46. The van der Waals surface area contributed by atoms with E-state index in [9.17, 15) is 65.9 Å². The molecule has 3 saturated carbocycles. The van der Waals surface area contributed by atoms with Crippen LogP contribution < -0.4 is 16.0 Å². The molecule has 5 fully saturated rings. The number of nitrogens with zero attached hydrogens (tertiary/aromatic N) is 8. The zero-order chi connectivity index (χ0) is 67.4. The van der Waals surface area contributed by atoms with Crippen molar-refractivity contribution in [3.8, 4) is 0 Å². The minimum atomic E-state index is -4.49. The van der Waals surface area contributed by atoms with Crippen molar-refractivity contribution in [1.29, 1.82) is 0 Å². The smallest absolute Gasteiger partial charge is 0.343 e. The third kappa shape index (κ3) is 19.0. The van der Waals surface area contributed by atoms with Crippen LogP contribution in [0.2, 0.25) is 0 Å². The van der Waals surface area contributed by atoms with Gasteiger partial charge in [0.05, 0.1) is 25.6 Å². The van der Waals surface area contributed by atoms with E-state index in [1.165, 1.54) is 78.7 Å². The quantitative estimate of drug-likeness (QED) is 0.241. The summed E-state index contributed by atoms with van der Waals surface area (Å²) < 4.78 is 41.7. The molecule has 0 aromatic heterocycles. The largest absolute Gasteiger partial charge is 0.393 e. The first-order valence-corrected chi connectivity index (χ1v) is 33.2. The zero-order valence-electron chi connectivity index (χ0n) is 55.9. The van der Waals surface area contributed by atoms with Gasteiger partial charge in [-0.05, 0) is 114 Å². The SMILES string of the molecule is CC[C@H](C)[C@@H]1NC(=O)[C@H](CC(C)C)N(C)C(=O)C[C@@H](C)N(C)C(=O)[C@H](C(C)C)N(C)C(=O)C2(CCC2)NC(=O)[C@@H]2CCCN2C(=O)[C@H](CCC2CCC(C(F)(F)F)C(Cl)C2)NC(=O)CN(C)C(=O)[C@H](CC2CCCCC2)N(C)C(=O)CN(C)C(=O)CN(C)C1=O. The van der Waals surface area contributed by atoms with Crippen LogP contribution in [0.1, 0.15) is 170 Å². The number of likely N-dealkylation sites (N-methyl/N-ethyl adjacent to an activating group) is 7. The first-order valence-electron chi connectivity index (χ1n) is 32.8. The average Bonchev–Trinajstić information content (AvgIpc) is 0.995. The molecule has 2 aliphatic heterocycles. The van der Waals surface area contributed by atoms with Gasteiger partial charge in [0.15, 0.2) is 0 Å². The third-order valence-electron chi connectivity index (χ3n) is 20.1. The zero-order valence-corrected chi connectivity index (χ0v) is 56.7. The van der Waals surface area contributed by atoms with Crippen molar-refractivity contribution in [3.05, 3.63) is 0 Å². The fourth-order valence-electron chi connectivity index (χ4n) is 13.7. The molecule has 11 amide bonds. The van der Waals surface area contributed by atoms with E-state index < -0.39 is 162 Å². The average molecular weight is 1300 g/mol. The van der Waals surface area contributed by atoms with Gasteiger partial charge in [-0.15, -0.1) is 11.6 Å². The molecule has 3 N–H and O–H groups in total. The highest BCUT2D eigenvalue weighted by Gasteiger charge is 2.52. The van der Waals surface area contributed by atoms with E-state index in [0.29, 0.717) is 19.3 Å². The first kappa shape index (κ1) is 75.0. The Labute approximate surface area is 536 Å². The minimum Gasteiger partial charge on any atom is -0.343 e. The fraction of sp³-hybridized carbons (Fsp3) is 0.828. The molecule has 0 aromatic rings. The molecule has 0 radical (unpaired) electrons. The number of hydrogen-bond donors (Lipinski definition) is 3. The second-order valence-corrected chi connectivity index (χ2v) is 28.2. The molecule has 2 saturated heterocycles. The normalized spacial score (nSPS) is 29.8. The van der Waals surface area contributed by atoms with Gasteiger partial charge in [-0.25, -0.2) is 0 Å². The predicted octanol–water partition coefficient (Wildman–Crippen LogP) is 5.18. The molecule has 510 valence electrons. The van der Waals surface area contributed by atoms with E-state index in [0.717, 1.165) is 41.9 Å². The summed E-state index contributed by atoms with van der Waals surface area (Å²) >= 11 is 6.35. The van der Waals surface area contributed by atoms with Gasteiger partial charge in [0.2, 0.25) is 65.0 Å². The number of amides is 11. The molecule has 3 aliphatic carbocycles. The summed E-state index contributed by atoms with van der Waals surface area (Å²) in [6.07, 6.45) is 2.37. The molecule has 11 atom stereocenters. The van der Waals surface area contributed by atoms with E-state index in [-0.39, 0.29) is 94.9 Å². The molecular weight excluding hydrogens is 1190 g/mol. The summed E-state index contributed by atoms with van der Waals surface area (Å²) in [5.74, 6) is -9.46. The lowest BCUT2D eigenvalue weighted by Crippen LogP contribution is -2.68. The van der Waals surface area contributed by atoms with Gasteiger partial charge in [0.25, 0.3) is 0 Å². The number of hydrogen-bond acceptors (Lipinski definition) is 11. The summed E-state index contributed by atoms with van der Waals surface area (Å²) in [7, 11) is 10.2. The van der Waals surface area contributed by atoms with E-state index >= 15 is 0 Å². The first-order chi connectivity index (χ1) is 42.0. The Bertz CT molecular complexity index is 2570. The lowest BCUT2D eigenvalue weighted by molar-refractivity contribution is -0.182. The molecule has 22 nitrogen and oxygen atoms in total. The van der Waals surface area contributed by atoms with Gasteiger partial charge in [0, 0.05) is 73.7 Å². The molecule has 3 unspecified atom stereocenters. The molecule has 90 heavy (non-hydrogen) atoms. The van der Waals surface area contributed by atoms with Crippen LogP contribution in [0.25, 0.3) is 0 Å². The lowest BCUT2D eigenvalue weighted by atomic mass is 9.75. The van der Waals surface area contributed by atoms with Gasteiger partial charge in [0.1, 0.15) is 41.8 Å². The summed E-state index contributed by atoms with van der Waals surface area (Å²) in [4.78, 5) is 170. The van der Waals surface area contributed by atoms with E-state index in [1.807, 2.05) is 20.8 Å². The van der Waals surface area contributed by atoms with E-state index in [2.05, 4.69) is 16.0 Å². The fourth-order valence-corrected chi connectivity index (χ4v) is 14.2. The summed E-state index contributed by atoms with van der Waals surface area (Å²) in [5, 5.41) is 7.48. The number of carbonyl (C=O) groups is 11. The van der Waals surface area contributed by atoms with Crippen molar-refractivity contribution in [2.75, 3.05) is 75.5 Å². The highest BCUT2D eigenvalue weighted by atomic mass is 35.5.